The number of pyridine rings is 1. The number of amides is 1. The van der Waals surface area contributed by atoms with Gasteiger partial charge >= 0.3 is 0 Å². The summed E-state index contributed by atoms with van der Waals surface area (Å²) in [7, 11) is 0. The lowest BCUT2D eigenvalue weighted by Gasteiger charge is -2.09. The Kier molecular flexibility index (Phi) is 4.17. The molecule has 4 aromatic heterocycles. The van der Waals surface area contributed by atoms with Crippen molar-refractivity contribution in [3.8, 4) is 0 Å². The Labute approximate surface area is 147 Å². The minimum Gasteiger partial charge on any atom is -0.354 e. The highest BCUT2D eigenvalue weighted by Crippen LogP contribution is 2.29. The number of nitrogens with one attached hydrogen (secondary N) is 4. The van der Waals surface area contributed by atoms with Crippen molar-refractivity contribution < 1.29 is 4.79 Å². The molecule has 0 saturated heterocycles. The number of aromatic amines is 2. The summed E-state index contributed by atoms with van der Waals surface area (Å²) in [4.78, 5) is 27.5. The summed E-state index contributed by atoms with van der Waals surface area (Å²) < 4.78 is 0. The average molecular weight is 352 g/mol. The first kappa shape index (κ1) is 15.4. The van der Waals surface area contributed by atoms with Gasteiger partial charge in [-0.05, 0) is 23.6 Å². The van der Waals surface area contributed by atoms with Gasteiger partial charge in [-0.25, -0.2) is 9.97 Å². The van der Waals surface area contributed by atoms with Crippen LogP contribution in [0.5, 0.6) is 0 Å². The second-order valence-electron chi connectivity index (χ2n) is 5.47. The number of hydrogen-bond acceptors (Lipinski definition) is 5. The summed E-state index contributed by atoms with van der Waals surface area (Å²) in [5.41, 5.74) is 3.51. The van der Waals surface area contributed by atoms with Crippen molar-refractivity contribution in [2.45, 2.75) is 6.42 Å². The first-order valence-electron chi connectivity index (χ1n) is 7.83. The standard InChI is InChI=1S/C17H16N6OS/c24-17(21-5-1-11-9-18-10-22-11)15-14(4-8-25-15)23-13-3-7-20-16-12(13)2-6-19-16/h2-4,6-10H,1,5H2,(H,18,22)(H,21,24)(H2,19,20,23). The van der Waals surface area contributed by atoms with Crippen LogP contribution in [0.2, 0.25) is 0 Å². The van der Waals surface area contributed by atoms with Crippen molar-refractivity contribution in [3.05, 3.63) is 59.1 Å². The Balaban J connectivity index is 1.46. The molecule has 0 aromatic carbocycles. The molecule has 0 saturated carbocycles. The molecule has 4 rings (SSSR count). The lowest BCUT2D eigenvalue weighted by atomic mass is 10.2. The summed E-state index contributed by atoms with van der Waals surface area (Å²) in [6, 6.07) is 5.77. The van der Waals surface area contributed by atoms with Gasteiger partial charge in [-0.2, -0.15) is 0 Å². The molecule has 4 aromatic rings. The Morgan fingerprint density at radius 2 is 2.16 bits per heavy atom. The second-order valence-corrected chi connectivity index (χ2v) is 6.39. The number of rotatable bonds is 6. The maximum absolute atomic E-state index is 12.5. The van der Waals surface area contributed by atoms with Gasteiger partial charge in [-0.3, -0.25) is 4.79 Å². The Morgan fingerprint density at radius 1 is 1.20 bits per heavy atom. The van der Waals surface area contributed by atoms with E-state index in [1.807, 2.05) is 29.8 Å². The van der Waals surface area contributed by atoms with Crippen LogP contribution in [0.3, 0.4) is 0 Å². The van der Waals surface area contributed by atoms with Crippen LogP contribution >= 0.6 is 11.3 Å². The van der Waals surface area contributed by atoms with Crippen LogP contribution in [0.15, 0.2) is 48.5 Å². The van der Waals surface area contributed by atoms with Crippen LogP contribution in [0.1, 0.15) is 15.4 Å². The zero-order valence-corrected chi connectivity index (χ0v) is 14.1. The van der Waals surface area contributed by atoms with E-state index in [1.54, 1.807) is 18.7 Å². The van der Waals surface area contributed by atoms with Gasteiger partial charge in [0.05, 0.1) is 17.7 Å². The summed E-state index contributed by atoms with van der Waals surface area (Å²) in [6.45, 7) is 0.551. The molecule has 25 heavy (non-hydrogen) atoms. The molecule has 0 radical (unpaired) electrons. The minimum atomic E-state index is -0.0867. The number of H-pyrrole nitrogens is 2. The number of hydrogen-bond donors (Lipinski definition) is 4. The van der Waals surface area contributed by atoms with Crippen LogP contribution < -0.4 is 10.6 Å². The summed E-state index contributed by atoms with van der Waals surface area (Å²) in [5, 5.41) is 9.18. The number of anilines is 2. The molecule has 0 fully saturated rings. The third-order valence-electron chi connectivity index (χ3n) is 3.84. The Hall–Kier alpha value is -3.13. The van der Waals surface area contributed by atoms with Gasteiger partial charge in [-0.1, -0.05) is 0 Å². The molecule has 0 unspecified atom stereocenters. The highest BCUT2D eigenvalue weighted by Gasteiger charge is 2.14. The molecule has 0 aliphatic heterocycles. The molecular weight excluding hydrogens is 336 g/mol. The number of imidazole rings is 1. The third kappa shape index (κ3) is 3.24. The molecule has 0 aliphatic rings. The maximum atomic E-state index is 12.5. The quantitative estimate of drug-likeness (QED) is 0.429. The highest BCUT2D eigenvalue weighted by atomic mass is 32.1. The van der Waals surface area contributed by atoms with E-state index >= 15 is 0 Å². The molecule has 4 N–H and O–H groups in total. The van der Waals surface area contributed by atoms with Crippen molar-refractivity contribution in [1.82, 2.24) is 25.3 Å². The molecule has 7 nitrogen and oxygen atoms in total. The van der Waals surface area contributed by atoms with E-state index in [4.69, 9.17) is 0 Å². The summed E-state index contributed by atoms with van der Waals surface area (Å²) >= 11 is 1.41. The zero-order valence-electron chi connectivity index (χ0n) is 13.2. The lowest BCUT2D eigenvalue weighted by Crippen LogP contribution is -2.25. The van der Waals surface area contributed by atoms with E-state index in [0.29, 0.717) is 17.8 Å². The van der Waals surface area contributed by atoms with Crippen molar-refractivity contribution in [2.24, 2.45) is 0 Å². The molecule has 0 bridgehead atoms. The van der Waals surface area contributed by atoms with Crippen molar-refractivity contribution in [3.63, 3.8) is 0 Å². The normalized spacial score (nSPS) is 10.9. The molecule has 0 atom stereocenters. The molecule has 1 amide bonds. The fraction of sp³-hybridized carbons (Fsp3) is 0.118. The average Bonchev–Trinajstić information content (AvgIpc) is 3.36. The molecular formula is C17H16N6OS. The van der Waals surface area contributed by atoms with Crippen molar-refractivity contribution >= 4 is 39.7 Å². The maximum Gasteiger partial charge on any atom is 0.263 e. The van der Waals surface area contributed by atoms with Gasteiger partial charge in [0.2, 0.25) is 0 Å². The molecule has 0 spiro atoms. The smallest absolute Gasteiger partial charge is 0.263 e. The van der Waals surface area contributed by atoms with E-state index in [9.17, 15) is 4.79 Å². The van der Waals surface area contributed by atoms with Gasteiger partial charge in [0.1, 0.15) is 10.5 Å². The third-order valence-corrected chi connectivity index (χ3v) is 4.75. The minimum absolute atomic E-state index is 0.0867. The Bertz CT molecular complexity index is 988. The number of fused-ring (bicyclic) bond motifs is 1. The largest absolute Gasteiger partial charge is 0.354 e. The van der Waals surface area contributed by atoms with E-state index in [2.05, 4.69) is 30.6 Å². The number of carbonyl (C=O) groups is 1. The van der Waals surface area contributed by atoms with E-state index < -0.39 is 0 Å². The topological polar surface area (TPSA) is 98.5 Å². The fourth-order valence-corrected chi connectivity index (χ4v) is 3.38. The van der Waals surface area contributed by atoms with Gasteiger partial charge in [0.25, 0.3) is 5.91 Å². The Morgan fingerprint density at radius 3 is 3.04 bits per heavy atom. The number of nitrogens with zero attached hydrogens (tertiary/aromatic N) is 2. The van der Waals surface area contributed by atoms with Gasteiger partial charge in [0, 0.05) is 42.6 Å². The van der Waals surface area contributed by atoms with E-state index in [-0.39, 0.29) is 5.91 Å². The van der Waals surface area contributed by atoms with Crippen molar-refractivity contribution in [2.75, 3.05) is 11.9 Å². The van der Waals surface area contributed by atoms with Gasteiger partial charge in [0.15, 0.2) is 0 Å². The second kappa shape index (κ2) is 6.78. The number of carbonyl (C=O) groups excluding carboxylic acids is 1. The SMILES string of the molecule is O=C(NCCc1cnc[nH]1)c1sccc1Nc1ccnc2[nH]ccc12. The highest BCUT2D eigenvalue weighted by molar-refractivity contribution is 7.12. The molecule has 126 valence electrons. The molecule has 8 heteroatoms. The van der Waals surface area contributed by atoms with Crippen LogP contribution in [0.4, 0.5) is 11.4 Å². The van der Waals surface area contributed by atoms with E-state index in [0.717, 1.165) is 28.1 Å². The predicted octanol–water partition coefficient (Wildman–Crippen LogP) is 3.06. The van der Waals surface area contributed by atoms with Crippen LogP contribution in [0, 0.1) is 0 Å². The molecule has 4 heterocycles. The van der Waals surface area contributed by atoms with Gasteiger partial charge in [-0.15, -0.1) is 11.3 Å². The summed E-state index contributed by atoms with van der Waals surface area (Å²) in [5.74, 6) is -0.0867. The summed E-state index contributed by atoms with van der Waals surface area (Å²) in [6.07, 6.45) is 7.69. The van der Waals surface area contributed by atoms with Crippen LogP contribution in [-0.2, 0) is 6.42 Å². The monoisotopic (exact) mass is 352 g/mol. The number of thiophene rings is 1. The predicted molar refractivity (Wildman–Crippen MR) is 98.3 cm³/mol. The first-order valence-corrected chi connectivity index (χ1v) is 8.71. The lowest BCUT2D eigenvalue weighted by molar-refractivity contribution is 0.0959. The fourth-order valence-electron chi connectivity index (χ4n) is 2.61. The van der Waals surface area contributed by atoms with E-state index in [1.165, 1.54) is 11.3 Å². The zero-order chi connectivity index (χ0) is 17.1. The van der Waals surface area contributed by atoms with Gasteiger partial charge < -0.3 is 20.6 Å². The van der Waals surface area contributed by atoms with Crippen LogP contribution in [-0.4, -0.2) is 32.4 Å². The first-order chi connectivity index (χ1) is 12.3. The molecule has 0 aliphatic carbocycles. The number of aromatic nitrogens is 4. The van der Waals surface area contributed by atoms with Crippen LogP contribution in [0.25, 0.3) is 11.0 Å². The van der Waals surface area contributed by atoms with Crippen molar-refractivity contribution in [1.29, 1.82) is 0 Å².